The Hall–Kier alpha value is -4.53. The number of hydrogen-bond acceptors (Lipinski definition) is 6. The predicted octanol–water partition coefficient (Wildman–Crippen LogP) is 5.38. The zero-order valence-corrected chi connectivity index (χ0v) is 19.5. The van der Waals surface area contributed by atoms with Crippen molar-refractivity contribution in [2.75, 3.05) is 25.6 Å². The number of amides is 1. The van der Waals surface area contributed by atoms with E-state index in [1.165, 1.54) is 6.07 Å². The Kier molecular flexibility index (Phi) is 7.39. The minimum Gasteiger partial charge on any atom is -0.497 e. The van der Waals surface area contributed by atoms with E-state index < -0.39 is 30.1 Å². The molecule has 0 atom stereocenters. The van der Waals surface area contributed by atoms with Crippen LogP contribution in [-0.4, -0.2) is 37.2 Å². The third-order valence-corrected chi connectivity index (χ3v) is 5.21. The van der Waals surface area contributed by atoms with Crippen molar-refractivity contribution in [3.05, 3.63) is 83.9 Å². The van der Waals surface area contributed by atoms with Gasteiger partial charge in [-0.2, -0.15) is 0 Å². The summed E-state index contributed by atoms with van der Waals surface area (Å²) in [6.07, 6.45) is 0. The van der Waals surface area contributed by atoms with Gasteiger partial charge in [0.25, 0.3) is 5.91 Å². The molecule has 9 heteroatoms. The number of ether oxygens (including phenoxy) is 3. The van der Waals surface area contributed by atoms with Gasteiger partial charge < -0.3 is 19.5 Å². The number of pyridine rings is 1. The van der Waals surface area contributed by atoms with Gasteiger partial charge in [0.2, 0.25) is 0 Å². The first-order valence-electron chi connectivity index (χ1n) is 11.0. The van der Waals surface area contributed by atoms with Gasteiger partial charge in [0.15, 0.2) is 18.2 Å². The lowest BCUT2D eigenvalue weighted by atomic mass is 10.1. The first-order valence-corrected chi connectivity index (χ1v) is 11.0. The first-order chi connectivity index (χ1) is 17.4. The Morgan fingerprint density at radius 1 is 0.972 bits per heavy atom. The summed E-state index contributed by atoms with van der Waals surface area (Å²) in [5, 5.41) is 2.95. The molecule has 1 N–H and O–H groups in total. The lowest BCUT2D eigenvalue weighted by Gasteiger charge is -2.13. The zero-order valence-electron chi connectivity index (χ0n) is 19.5. The number of halogens is 2. The van der Waals surface area contributed by atoms with Crippen LogP contribution in [0.15, 0.2) is 66.7 Å². The van der Waals surface area contributed by atoms with E-state index in [0.29, 0.717) is 33.7 Å². The predicted molar refractivity (Wildman–Crippen MR) is 130 cm³/mol. The molecule has 3 aromatic carbocycles. The molecular weight excluding hydrogens is 470 g/mol. The molecule has 0 aliphatic rings. The third-order valence-electron chi connectivity index (χ3n) is 5.21. The Bertz CT molecular complexity index is 1440. The van der Waals surface area contributed by atoms with Crippen LogP contribution in [0.2, 0.25) is 0 Å². The maximum atomic E-state index is 13.5. The van der Waals surface area contributed by atoms with Gasteiger partial charge in [0.1, 0.15) is 11.5 Å². The number of fused-ring (bicyclic) bond motifs is 1. The summed E-state index contributed by atoms with van der Waals surface area (Å²) in [7, 11) is 1.56. The van der Waals surface area contributed by atoms with E-state index in [0.717, 1.165) is 17.7 Å². The van der Waals surface area contributed by atoms with Crippen molar-refractivity contribution in [2.24, 2.45) is 0 Å². The average molecular weight is 492 g/mol. The van der Waals surface area contributed by atoms with Crippen molar-refractivity contribution in [2.45, 2.75) is 6.92 Å². The maximum absolute atomic E-state index is 13.5. The fourth-order valence-corrected chi connectivity index (χ4v) is 3.50. The number of anilines is 1. The SMILES string of the molecule is CCOC(=O)c1ccc2nc(-c3cccc(OC)c3)cc(OCC(=O)Nc3ccc(F)c(F)c3)c2c1. The molecule has 0 saturated carbocycles. The molecule has 0 bridgehead atoms. The molecular formula is C27H22F2N2O5. The number of esters is 1. The molecule has 0 fully saturated rings. The Labute approximate surface area is 205 Å². The highest BCUT2D eigenvalue weighted by molar-refractivity contribution is 5.97. The molecule has 184 valence electrons. The summed E-state index contributed by atoms with van der Waals surface area (Å²) in [4.78, 5) is 29.4. The second kappa shape index (κ2) is 10.8. The van der Waals surface area contributed by atoms with Crippen molar-refractivity contribution in [1.29, 1.82) is 0 Å². The van der Waals surface area contributed by atoms with Crippen molar-refractivity contribution >= 4 is 28.5 Å². The first kappa shape index (κ1) is 24.6. The molecule has 4 rings (SSSR count). The Balaban J connectivity index is 1.67. The van der Waals surface area contributed by atoms with Crippen LogP contribution in [0.25, 0.3) is 22.2 Å². The molecule has 4 aromatic rings. The molecule has 0 spiro atoms. The minimum atomic E-state index is -1.08. The summed E-state index contributed by atoms with van der Waals surface area (Å²) in [6, 6.07) is 16.8. The molecule has 0 aliphatic heterocycles. The second-order valence-corrected chi connectivity index (χ2v) is 7.66. The molecule has 0 aliphatic carbocycles. The van der Waals surface area contributed by atoms with E-state index in [9.17, 15) is 18.4 Å². The number of aromatic nitrogens is 1. The van der Waals surface area contributed by atoms with E-state index >= 15 is 0 Å². The summed E-state index contributed by atoms with van der Waals surface area (Å²) >= 11 is 0. The number of nitrogens with zero attached hydrogens (tertiary/aromatic N) is 1. The van der Waals surface area contributed by atoms with Gasteiger partial charge in [-0.1, -0.05) is 12.1 Å². The topological polar surface area (TPSA) is 86.8 Å². The monoisotopic (exact) mass is 492 g/mol. The molecule has 36 heavy (non-hydrogen) atoms. The summed E-state index contributed by atoms with van der Waals surface area (Å²) in [5.74, 6) is -2.25. The van der Waals surface area contributed by atoms with Gasteiger partial charge >= 0.3 is 5.97 Å². The van der Waals surface area contributed by atoms with Crippen LogP contribution in [0.1, 0.15) is 17.3 Å². The van der Waals surface area contributed by atoms with Crippen LogP contribution >= 0.6 is 0 Å². The maximum Gasteiger partial charge on any atom is 0.338 e. The van der Waals surface area contributed by atoms with Gasteiger partial charge in [-0.25, -0.2) is 18.6 Å². The number of rotatable bonds is 8. The number of methoxy groups -OCH3 is 1. The van der Waals surface area contributed by atoms with Crippen LogP contribution in [0, 0.1) is 11.6 Å². The number of benzene rings is 3. The van der Waals surface area contributed by atoms with Gasteiger partial charge in [-0.3, -0.25) is 4.79 Å². The van der Waals surface area contributed by atoms with E-state index in [1.807, 2.05) is 12.1 Å². The van der Waals surface area contributed by atoms with Crippen molar-refractivity contribution in [3.63, 3.8) is 0 Å². The number of carbonyl (C=O) groups is 2. The largest absolute Gasteiger partial charge is 0.497 e. The van der Waals surface area contributed by atoms with Crippen LogP contribution in [0.3, 0.4) is 0 Å². The Morgan fingerprint density at radius 2 is 1.81 bits per heavy atom. The molecule has 1 heterocycles. The fourth-order valence-electron chi connectivity index (χ4n) is 3.50. The van der Waals surface area contributed by atoms with E-state index in [-0.39, 0.29) is 12.3 Å². The molecule has 7 nitrogen and oxygen atoms in total. The summed E-state index contributed by atoms with van der Waals surface area (Å²) < 4.78 is 42.8. The number of hydrogen-bond donors (Lipinski definition) is 1. The summed E-state index contributed by atoms with van der Waals surface area (Å²) in [5.41, 5.74) is 2.22. The molecule has 0 unspecified atom stereocenters. The molecule has 0 saturated heterocycles. The van der Waals surface area contributed by atoms with E-state index in [4.69, 9.17) is 14.2 Å². The minimum absolute atomic E-state index is 0.0868. The highest BCUT2D eigenvalue weighted by Gasteiger charge is 2.15. The van der Waals surface area contributed by atoms with Gasteiger partial charge in [-0.15, -0.1) is 0 Å². The third kappa shape index (κ3) is 5.57. The normalized spacial score (nSPS) is 10.7. The van der Waals surface area contributed by atoms with Crippen LogP contribution < -0.4 is 14.8 Å². The summed E-state index contributed by atoms with van der Waals surface area (Å²) in [6.45, 7) is 1.50. The molecule has 1 amide bonds. The average Bonchev–Trinajstić information content (AvgIpc) is 2.89. The Morgan fingerprint density at radius 3 is 2.56 bits per heavy atom. The van der Waals surface area contributed by atoms with Gasteiger partial charge in [0.05, 0.1) is 30.5 Å². The highest BCUT2D eigenvalue weighted by Crippen LogP contribution is 2.32. The molecule has 0 radical (unpaired) electrons. The van der Waals surface area contributed by atoms with E-state index in [1.54, 1.807) is 50.4 Å². The highest BCUT2D eigenvalue weighted by atomic mass is 19.2. The van der Waals surface area contributed by atoms with Gasteiger partial charge in [0, 0.05) is 28.8 Å². The number of nitrogens with one attached hydrogen (secondary N) is 1. The van der Waals surface area contributed by atoms with Crippen LogP contribution in [-0.2, 0) is 9.53 Å². The number of carbonyl (C=O) groups excluding carboxylic acids is 2. The van der Waals surface area contributed by atoms with E-state index in [2.05, 4.69) is 10.3 Å². The quantitative estimate of drug-likeness (QED) is 0.332. The fraction of sp³-hybridized carbons (Fsp3) is 0.148. The smallest absolute Gasteiger partial charge is 0.338 e. The van der Waals surface area contributed by atoms with Crippen molar-refractivity contribution < 1.29 is 32.6 Å². The van der Waals surface area contributed by atoms with Gasteiger partial charge in [-0.05, 0) is 49.4 Å². The second-order valence-electron chi connectivity index (χ2n) is 7.66. The van der Waals surface area contributed by atoms with Crippen molar-refractivity contribution in [3.8, 4) is 22.8 Å². The van der Waals surface area contributed by atoms with Crippen LogP contribution in [0.5, 0.6) is 11.5 Å². The molecule has 1 aromatic heterocycles. The lowest BCUT2D eigenvalue weighted by molar-refractivity contribution is -0.118. The zero-order chi connectivity index (χ0) is 25.7. The van der Waals surface area contributed by atoms with Crippen LogP contribution in [0.4, 0.5) is 14.5 Å². The standard InChI is InChI=1S/C27H22F2N2O5/c1-3-35-27(33)17-7-10-23-20(12-17)25(14-24(31-23)16-5-4-6-19(11-16)34-2)36-15-26(32)30-18-8-9-21(28)22(29)13-18/h4-14H,3,15H2,1-2H3,(H,30,32). The van der Waals surface area contributed by atoms with Crippen molar-refractivity contribution in [1.82, 2.24) is 4.98 Å². The lowest BCUT2D eigenvalue weighted by Crippen LogP contribution is -2.20.